The highest BCUT2D eigenvalue weighted by Gasteiger charge is 2.62. The third kappa shape index (κ3) is 5.83. The van der Waals surface area contributed by atoms with Crippen LogP contribution < -0.4 is 0 Å². The topological polar surface area (TPSA) is 202 Å². The molecule has 36 heavy (non-hydrogen) atoms. The molecule has 0 amide bonds. The van der Waals surface area contributed by atoms with Gasteiger partial charge >= 0.3 is 11.9 Å². The Morgan fingerprint density at radius 2 is 1.81 bits per heavy atom. The van der Waals surface area contributed by atoms with Gasteiger partial charge < -0.3 is 54.3 Å². The number of ether oxygens (including phenoxy) is 5. The van der Waals surface area contributed by atoms with Gasteiger partial charge in [0.15, 0.2) is 6.29 Å². The van der Waals surface area contributed by atoms with Crippen LogP contribution in [-0.2, 0) is 33.3 Å². The lowest BCUT2D eigenvalue weighted by Gasteiger charge is -2.41. The SMILES string of the molecule is CC(=O)O[C@H]1C[C@@H]2C(CO[C@H]3O[C@@H](CO)[C@@H](O)[C@@H](O)[C@@H]3O)=CO[C@@H](OC(=O)CC(C)C)[C@@H]2[C@@]1(O)CO. The summed E-state index contributed by atoms with van der Waals surface area (Å²) >= 11 is 0. The van der Waals surface area contributed by atoms with Crippen LogP contribution in [-0.4, -0.2) is 111 Å². The maximum absolute atomic E-state index is 12.3. The van der Waals surface area contributed by atoms with Crippen molar-refractivity contribution in [1.29, 1.82) is 0 Å². The first-order chi connectivity index (χ1) is 16.9. The minimum atomic E-state index is -2.00. The molecule has 10 atom stereocenters. The molecule has 13 heteroatoms. The summed E-state index contributed by atoms with van der Waals surface area (Å²) in [5.74, 6) is -2.91. The van der Waals surface area contributed by atoms with Crippen molar-refractivity contribution in [3.8, 4) is 0 Å². The van der Waals surface area contributed by atoms with Crippen LogP contribution in [0, 0.1) is 17.8 Å². The maximum atomic E-state index is 12.3. The quantitative estimate of drug-likeness (QED) is 0.181. The highest BCUT2D eigenvalue weighted by molar-refractivity contribution is 5.69. The second-order valence-electron chi connectivity index (χ2n) is 9.91. The monoisotopic (exact) mass is 520 g/mol. The van der Waals surface area contributed by atoms with E-state index in [1.807, 2.05) is 13.8 Å². The van der Waals surface area contributed by atoms with Crippen LogP contribution in [0.25, 0.3) is 0 Å². The van der Waals surface area contributed by atoms with Crippen LogP contribution in [0.5, 0.6) is 0 Å². The summed E-state index contributed by atoms with van der Waals surface area (Å²) in [7, 11) is 0. The third-order valence-corrected chi connectivity index (χ3v) is 6.81. The van der Waals surface area contributed by atoms with Crippen molar-refractivity contribution in [2.24, 2.45) is 17.8 Å². The Hall–Kier alpha value is -1.84. The Morgan fingerprint density at radius 1 is 1.11 bits per heavy atom. The molecular formula is C23H36O13. The fourth-order valence-electron chi connectivity index (χ4n) is 4.97. The molecule has 0 spiro atoms. The van der Waals surface area contributed by atoms with Gasteiger partial charge in [-0.25, -0.2) is 0 Å². The van der Waals surface area contributed by atoms with E-state index < -0.39 is 85.7 Å². The van der Waals surface area contributed by atoms with Crippen molar-refractivity contribution in [1.82, 2.24) is 0 Å². The van der Waals surface area contributed by atoms with Gasteiger partial charge in [0.25, 0.3) is 0 Å². The van der Waals surface area contributed by atoms with E-state index in [1.54, 1.807) is 0 Å². The van der Waals surface area contributed by atoms with Gasteiger partial charge in [-0.3, -0.25) is 9.59 Å². The van der Waals surface area contributed by atoms with Crippen LogP contribution in [0.1, 0.15) is 33.6 Å². The number of carbonyl (C=O) groups excluding carboxylic acids is 2. The lowest BCUT2D eigenvalue weighted by molar-refractivity contribution is -0.299. The molecular weight excluding hydrogens is 484 g/mol. The summed E-state index contributed by atoms with van der Waals surface area (Å²) in [6.45, 7) is 3.13. The van der Waals surface area contributed by atoms with Crippen molar-refractivity contribution in [3.63, 3.8) is 0 Å². The fraction of sp³-hybridized carbons (Fsp3) is 0.826. The Labute approximate surface area is 208 Å². The second kappa shape index (κ2) is 11.7. The zero-order chi connectivity index (χ0) is 26.8. The molecule has 0 aromatic heterocycles. The zero-order valence-corrected chi connectivity index (χ0v) is 20.4. The first kappa shape index (κ1) is 28.7. The Kier molecular flexibility index (Phi) is 9.33. The number of esters is 2. The zero-order valence-electron chi connectivity index (χ0n) is 20.4. The molecule has 0 bridgehead atoms. The molecule has 2 fully saturated rings. The van der Waals surface area contributed by atoms with Gasteiger partial charge in [-0.15, -0.1) is 0 Å². The standard InChI is InChI=1S/C23H36O13/c1-10(2)4-16(27)36-21-17-13(5-15(34-11(3)26)23(17,31)9-25)12(7-32-21)8-33-22-20(30)19(29)18(28)14(6-24)35-22/h7,10,13-15,17-22,24-25,28-31H,4-6,8-9H2,1-3H3/t13-,14+,15+,17-,18-,19-,20+,21+,22+,23-/m1/s1. The number of rotatable bonds is 9. The predicted octanol–water partition coefficient (Wildman–Crippen LogP) is -2.08. The molecule has 1 aliphatic carbocycles. The van der Waals surface area contributed by atoms with E-state index >= 15 is 0 Å². The van der Waals surface area contributed by atoms with E-state index in [0.717, 1.165) is 6.92 Å². The number of hydrogen-bond acceptors (Lipinski definition) is 13. The van der Waals surface area contributed by atoms with E-state index in [-0.39, 0.29) is 25.4 Å². The van der Waals surface area contributed by atoms with Gasteiger partial charge in [-0.2, -0.15) is 0 Å². The second-order valence-corrected chi connectivity index (χ2v) is 9.91. The van der Waals surface area contributed by atoms with Gasteiger partial charge in [-0.1, -0.05) is 13.8 Å². The Morgan fingerprint density at radius 3 is 2.39 bits per heavy atom. The van der Waals surface area contributed by atoms with Crippen LogP contribution in [0.3, 0.4) is 0 Å². The Bertz CT molecular complexity index is 814. The van der Waals surface area contributed by atoms with E-state index in [9.17, 15) is 40.2 Å². The molecule has 0 unspecified atom stereocenters. The van der Waals surface area contributed by atoms with Gasteiger partial charge in [0, 0.05) is 19.3 Å². The largest absolute Gasteiger partial charge is 0.462 e. The molecule has 0 aromatic carbocycles. The lowest BCUT2D eigenvalue weighted by Crippen LogP contribution is -2.59. The highest BCUT2D eigenvalue weighted by atomic mass is 16.7. The number of aliphatic hydroxyl groups excluding tert-OH is 5. The van der Waals surface area contributed by atoms with Crippen LogP contribution >= 0.6 is 0 Å². The fourth-order valence-corrected chi connectivity index (χ4v) is 4.97. The molecule has 0 aromatic rings. The molecule has 1 saturated carbocycles. The number of hydrogen-bond donors (Lipinski definition) is 6. The first-order valence-corrected chi connectivity index (χ1v) is 11.9. The van der Waals surface area contributed by atoms with Crippen molar-refractivity contribution in [2.75, 3.05) is 19.8 Å². The smallest absolute Gasteiger partial charge is 0.309 e. The van der Waals surface area contributed by atoms with Crippen LogP contribution in [0.15, 0.2) is 11.8 Å². The highest BCUT2D eigenvalue weighted by Crippen LogP contribution is 2.50. The molecule has 13 nitrogen and oxygen atoms in total. The van der Waals surface area contributed by atoms with Gasteiger partial charge in [0.1, 0.15) is 36.1 Å². The lowest BCUT2D eigenvalue weighted by atomic mass is 9.80. The van der Waals surface area contributed by atoms with E-state index in [1.165, 1.54) is 6.26 Å². The molecule has 206 valence electrons. The summed E-state index contributed by atoms with van der Waals surface area (Å²) in [6, 6.07) is 0. The minimum Gasteiger partial charge on any atom is -0.462 e. The minimum absolute atomic E-state index is 0.00373. The normalized spacial score (nSPS) is 40.3. The van der Waals surface area contributed by atoms with E-state index in [4.69, 9.17) is 23.7 Å². The van der Waals surface area contributed by atoms with E-state index in [2.05, 4.69) is 0 Å². The summed E-state index contributed by atoms with van der Waals surface area (Å²) in [5.41, 5.74) is -1.59. The average Bonchev–Trinajstić information content (AvgIpc) is 3.10. The molecule has 2 aliphatic heterocycles. The van der Waals surface area contributed by atoms with Gasteiger partial charge in [-0.05, 0) is 17.9 Å². The van der Waals surface area contributed by atoms with Crippen LogP contribution in [0.4, 0.5) is 0 Å². The van der Waals surface area contributed by atoms with Crippen molar-refractivity contribution in [3.05, 3.63) is 11.8 Å². The summed E-state index contributed by atoms with van der Waals surface area (Å²) in [5, 5.41) is 61.0. The van der Waals surface area contributed by atoms with E-state index in [0.29, 0.717) is 5.57 Å². The number of aliphatic hydroxyl groups is 6. The van der Waals surface area contributed by atoms with Crippen molar-refractivity contribution in [2.45, 2.75) is 82.3 Å². The maximum Gasteiger partial charge on any atom is 0.309 e. The van der Waals surface area contributed by atoms with Crippen LogP contribution in [0.2, 0.25) is 0 Å². The molecule has 6 N–H and O–H groups in total. The molecule has 3 aliphatic rings. The third-order valence-electron chi connectivity index (χ3n) is 6.81. The Balaban J connectivity index is 1.82. The summed E-state index contributed by atoms with van der Waals surface area (Å²) in [6.07, 6.45) is -8.39. The molecule has 1 saturated heterocycles. The number of carbonyl (C=O) groups is 2. The molecule has 2 heterocycles. The summed E-state index contributed by atoms with van der Waals surface area (Å²) in [4.78, 5) is 24.0. The first-order valence-electron chi connectivity index (χ1n) is 11.9. The molecule has 3 rings (SSSR count). The summed E-state index contributed by atoms with van der Waals surface area (Å²) < 4.78 is 27.3. The predicted molar refractivity (Wildman–Crippen MR) is 117 cm³/mol. The van der Waals surface area contributed by atoms with Crippen molar-refractivity contribution >= 4 is 11.9 Å². The average molecular weight is 521 g/mol. The number of fused-ring (bicyclic) bond motifs is 1. The van der Waals surface area contributed by atoms with Gasteiger partial charge in [0.05, 0.1) is 32.0 Å². The van der Waals surface area contributed by atoms with Gasteiger partial charge in [0.2, 0.25) is 6.29 Å². The van der Waals surface area contributed by atoms with Crippen molar-refractivity contribution < 1.29 is 63.9 Å². The molecule has 0 radical (unpaired) electrons.